The van der Waals surface area contributed by atoms with Gasteiger partial charge in [-0.15, -0.1) is 0 Å². The van der Waals surface area contributed by atoms with Crippen molar-refractivity contribution in [3.8, 4) is 11.3 Å². The molecule has 29 heavy (non-hydrogen) atoms. The lowest BCUT2D eigenvalue weighted by atomic mass is 10.1. The van der Waals surface area contributed by atoms with Gasteiger partial charge in [0.2, 0.25) is 0 Å². The van der Waals surface area contributed by atoms with E-state index >= 15 is 0 Å². The Bertz CT molecular complexity index is 1030. The zero-order valence-electron chi connectivity index (χ0n) is 16.7. The molecular weight excluding hydrogens is 373 g/mol. The lowest BCUT2D eigenvalue weighted by Gasteiger charge is -2.20. The summed E-state index contributed by atoms with van der Waals surface area (Å²) in [5.74, 6) is -0.627. The van der Waals surface area contributed by atoms with E-state index in [2.05, 4.69) is 15.8 Å². The monoisotopic (exact) mass is 395 g/mol. The van der Waals surface area contributed by atoms with E-state index in [-0.39, 0.29) is 22.8 Å². The topological polar surface area (TPSA) is 84.2 Å². The van der Waals surface area contributed by atoms with Gasteiger partial charge < -0.3 is 15.2 Å². The summed E-state index contributed by atoms with van der Waals surface area (Å²) in [4.78, 5) is 25.0. The van der Waals surface area contributed by atoms with E-state index in [1.54, 1.807) is 31.2 Å². The summed E-state index contributed by atoms with van der Waals surface area (Å²) in [6.07, 6.45) is 0. The fourth-order valence-electron chi connectivity index (χ4n) is 2.76. The second-order valence-corrected chi connectivity index (χ2v) is 7.70. The number of nitrogens with zero attached hydrogens (tertiary/aromatic N) is 1. The van der Waals surface area contributed by atoms with Crippen molar-refractivity contribution in [3.05, 3.63) is 71.2 Å². The molecule has 2 aromatic carbocycles. The fraction of sp³-hybridized carbons (Fsp3) is 0.227. The number of carbonyl (C=O) groups excluding carboxylic acids is 2. The standard InChI is InChI=1S/C22H22FN3O3/c1-13-18(19(26-29-13)14-5-9-16(23)10-6-14)21(28)24-17-11-7-15(8-12-17)20(27)25-22(2,3)4/h5-12H,1-4H3,(H,24,28)(H,25,27). The molecule has 2 amide bonds. The molecular formula is C22H22FN3O3. The van der Waals surface area contributed by atoms with E-state index < -0.39 is 5.91 Å². The molecule has 1 aromatic heterocycles. The van der Waals surface area contributed by atoms with E-state index in [0.29, 0.717) is 28.3 Å². The predicted octanol–water partition coefficient (Wildman–Crippen LogP) is 4.57. The SMILES string of the molecule is Cc1onc(-c2ccc(F)cc2)c1C(=O)Nc1ccc(C(=O)NC(C)(C)C)cc1. The number of carbonyl (C=O) groups is 2. The number of rotatable bonds is 4. The van der Waals surface area contributed by atoms with Gasteiger partial charge in [0.05, 0.1) is 0 Å². The molecule has 0 bridgehead atoms. The van der Waals surface area contributed by atoms with E-state index in [1.807, 2.05) is 20.8 Å². The number of hydrogen-bond acceptors (Lipinski definition) is 4. The molecule has 0 saturated carbocycles. The van der Waals surface area contributed by atoms with Gasteiger partial charge in [-0.1, -0.05) is 5.16 Å². The Kier molecular flexibility index (Phi) is 5.50. The average molecular weight is 395 g/mol. The van der Waals surface area contributed by atoms with Crippen molar-refractivity contribution >= 4 is 17.5 Å². The number of aromatic nitrogens is 1. The Balaban J connectivity index is 1.78. The third-order valence-corrected chi connectivity index (χ3v) is 4.10. The number of halogens is 1. The zero-order chi connectivity index (χ0) is 21.2. The van der Waals surface area contributed by atoms with Gasteiger partial charge in [0.15, 0.2) is 0 Å². The lowest BCUT2D eigenvalue weighted by Crippen LogP contribution is -2.40. The largest absolute Gasteiger partial charge is 0.360 e. The van der Waals surface area contributed by atoms with Crippen molar-refractivity contribution in [2.24, 2.45) is 0 Å². The molecule has 3 rings (SSSR count). The smallest absolute Gasteiger partial charge is 0.261 e. The van der Waals surface area contributed by atoms with Crippen LogP contribution < -0.4 is 10.6 Å². The van der Waals surface area contributed by atoms with Gasteiger partial charge >= 0.3 is 0 Å². The Morgan fingerprint density at radius 2 is 1.59 bits per heavy atom. The maximum Gasteiger partial charge on any atom is 0.261 e. The van der Waals surface area contributed by atoms with Crippen molar-refractivity contribution in [3.63, 3.8) is 0 Å². The Labute approximate surface area is 168 Å². The fourth-order valence-corrected chi connectivity index (χ4v) is 2.76. The summed E-state index contributed by atoms with van der Waals surface area (Å²) in [6, 6.07) is 12.2. The minimum atomic E-state index is -0.407. The van der Waals surface area contributed by atoms with Gasteiger partial charge in [-0.05, 0) is 76.2 Å². The molecule has 150 valence electrons. The maximum atomic E-state index is 13.2. The van der Waals surface area contributed by atoms with Gasteiger partial charge in [-0.3, -0.25) is 9.59 Å². The number of aryl methyl sites for hydroxylation is 1. The highest BCUT2D eigenvalue weighted by molar-refractivity contribution is 6.09. The molecule has 3 aromatic rings. The molecule has 0 radical (unpaired) electrons. The minimum Gasteiger partial charge on any atom is -0.360 e. The van der Waals surface area contributed by atoms with Crippen molar-refractivity contribution in [2.45, 2.75) is 33.2 Å². The van der Waals surface area contributed by atoms with E-state index in [0.717, 1.165) is 0 Å². The molecule has 0 aliphatic carbocycles. The normalized spacial score (nSPS) is 11.2. The Morgan fingerprint density at radius 3 is 2.17 bits per heavy atom. The van der Waals surface area contributed by atoms with Crippen LogP contribution in [0.4, 0.5) is 10.1 Å². The Morgan fingerprint density at radius 1 is 0.966 bits per heavy atom. The highest BCUT2D eigenvalue weighted by Gasteiger charge is 2.22. The number of benzene rings is 2. The van der Waals surface area contributed by atoms with Gasteiger partial charge in [-0.25, -0.2) is 4.39 Å². The minimum absolute atomic E-state index is 0.191. The van der Waals surface area contributed by atoms with Crippen LogP contribution in [-0.2, 0) is 0 Å². The summed E-state index contributed by atoms with van der Waals surface area (Å²) in [5, 5.41) is 9.60. The van der Waals surface area contributed by atoms with Crippen LogP contribution in [0.3, 0.4) is 0 Å². The molecule has 0 unspecified atom stereocenters. The molecule has 0 spiro atoms. The first-order valence-electron chi connectivity index (χ1n) is 9.10. The molecule has 7 heteroatoms. The lowest BCUT2D eigenvalue weighted by molar-refractivity contribution is 0.0919. The zero-order valence-corrected chi connectivity index (χ0v) is 16.7. The van der Waals surface area contributed by atoms with Crippen LogP contribution in [0.25, 0.3) is 11.3 Å². The molecule has 0 aliphatic rings. The maximum absolute atomic E-state index is 13.2. The first-order chi connectivity index (χ1) is 13.6. The quantitative estimate of drug-likeness (QED) is 0.678. The van der Waals surface area contributed by atoms with Crippen molar-refractivity contribution in [2.75, 3.05) is 5.32 Å². The summed E-state index contributed by atoms with van der Waals surface area (Å²) in [5.41, 5.74) is 1.85. The molecule has 0 fully saturated rings. The molecule has 1 heterocycles. The second-order valence-electron chi connectivity index (χ2n) is 7.70. The van der Waals surface area contributed by atoms with Crippen LogP contribution >= 0.6 is 0 Å². The van der Waals surface area contributed by atoms with E-state index in [1.165, 1.54) is 24.3 Å². The van der Waals surface area contributed by atoms with Crippen LogP contribution in [0.1, 0.15) is 47.2 Å². The van der Waals surface area contributed by atoms with Crippen LogP contribution in [0.2, 0.25) is 0 Å². The van der Waals surface area contributed by atoms with Crippen LogP contribution in [0, 0.1) is 12.7 Å². The Hall–Kier alpha value is -3.48. The van der Waals surface area contributed by atoms with Crippen molar-refractivity contribution < 1.29 is 18.5 Å². The van der Waals surface area contributed by atoms with Gasteiger partial charge in [-0.2, -0.15) is 0 Å². The summed E-state index contributed by atoms with van der Waals surface area (Å²) in [6.45, 7) is 7.34. The van der Waals surface area contributed by atoms with Gasteiger partial charge in [0, 0.05) is 22.4 Å². The molecule has 0 aliphatic heterocycles. The highest BCUT2D eigenvalue weighted by atomic mass is 19.1. The van der Waals surface area contributed by atoms with Gasteiger partial charge in [0.1, 0.15) is 22.8 Å². The van der Waals surface area contributed by atoms with Crippen molar-refractivity contribution in [1.82, 2.24) is 10.5 Å². The van der Waals surface area contributed by atoms with Crippen LogP contribution in [-0.4, -0.2) is 22.5 Å². The summed E-state index contributed by atoms with van der Waals surface area (Å²) in [7, 11) is 0. The van der Waals surface area contributed by atoms with E-state index in [4.69, 9.17) is 4.52 Å². The average Bonchev–Trinajstić information content (AvgIpc) is 3.03. The highest BCUT2D eigenvalue weighted by Crippen LogP contribution is 2.26. The van der Waals surface area contributed by atoms with Crippen LogP contribution in [0.15, 0.2) is 53.1 Å². The number of amides is 2. The molecule has 6 nitrogen and oxygen atoms in total. The first-order valence-corrected chi connectivity index (χ1v) is 9.10. The van der Waals surface area contributed by atoms with Crippen molar-refractivity contribution in [1.29, 1.82) is 0 Å². The third kappa shape index (κ3) is 4.87. The number of nitrogens with one attached hydrogen (secondary N) is 2. The number of hydrogen-bond donors (Lipinski definition) is 2. The predicted molar refractivity (Wildman–Crippen MR) is 108 cm³/mol. The number of anilines is 1. The van der Waals surface area contributed by atoms with Gasteiger partial charge in [0.25, 0.3) is 11.8 Å². The van der Waals surface area contributed by atoms with E-state index in [9.17, 15) is 14.0 Å². The third-order valence-electron chi connectivity index (χ3n) is 4.10. The molecule has 0 saturated heterocycles. The summed E-state index contributed by atoms with van der Waals surface area (Å²) >= 11 is 0. The second kappa shape index (κ2) is 7.87. The molecule has 0 atom stereocenters. The summed E-state index contributed by atoms with van der Waals surface area (Å²) < 4.78 is 18.4. The first kappa shape index (κ1) is 20.3. The molecule has 2 N–H and O–H groups in total. The van der Waals surface area contributed by atoms with Crippen LogP contribution in [0.5, 0.6) is 0 Å².